The van der Waals surface area contributed by atoms with Crippen LogP contribution in [0.15, 0.2) is 41.7 Å². The number of imidazole rings is 1. The van der Waals surface area contributed by atoms with Gasteiger partial charge in [0, 0.05) is 49.2 Å². The van der Waals surface area contributed by atoms with E-state index in [1.165, 1.54) is 18.5 Å². The lowest BCUT2D eigenvalue weighted by atomic mass is 10.2. The Labute approximate surface area is 226 Å². The zero-order valence-electron chi connectivity index (χ0n) is 22.2. The Balaban J connectivity index is 1.23. The van der Waals surface area contributed by atoms with E-state index in [-0.39, 0.29) is 34.7 Å². The molecular weight excluding hydrogens is 521 g/mol. The van der Waals surface area contributed by atoms with Crippen LogP contribution in [0.4, 0.5) is 16.2 Å². The number of sulfonamides is 1. The van der Waals surface area contributed by atoms with Gasteiger partial charge in [0.2, 0.25) is 16.0 Å². The smallest absolute Gasteiger partial charge is 0.244 e. The van der Waals surface area contributed by atoms with Gasteiger partial charge in [0.15, 0.2) is 11.5 Å². The molecule has 0 aromatic carbocycles. The molecule has 4 aromatic rings. The van der Waals surface area contributed by atoms with E-state index in [0.717, 1.165) is 30.4 Å². The first kappa shape index (κ1) is 25.7. The summed E-state index contributed by atoms with van der Waals surface area (Å²) < 4.78 is 44.9. The summed E-state index contributed by atoms with van der Waals surface area (Å²) in [5.74, 6) is 0.696. The fourth-order valence-corrected chi connectivity index (χ4v) is 7.10. The van der Waals surface area contributed by atoms with Gasteiger partial charge in [-0.1, -0.05) is 0 Å². The van der Waals surface area contributed by atoms with E-state index in [1.54, 1.807) is 10.4 Å². The van der Waals surface area contributed by atoms with Crippen LogP contribution in [0.25, 0.3) is 22.4 Å². The third-order valence-corrected chi connectivity index (χ3v) is 9.50. The molecule has 39 heavy (non-hydrogen) atoms. The molecule has 0 aliphatic carbocycles. The maximum absolute atomic E-state index is 14.8. The third kappa shape index (κ3) is 4.53. The second-order valence-corrected chi connectivity index (χ2v) is 12.4. The number of likely N-dealkylation sites (N-methyl/N-ethyl adjacent to an activating group) is 1. The molecule has 2 saturated heterocycles. The Hall–Kier alpha value is -3.55. The van der Waals surface area contributed by atoms with Crippen molar-refractivity contribution >= 4 is 33.0 Å². The van der Waals surface area contributed by atoms with Crippen molar-refractivity contribution in [1.82, 2.24) is 38.7 Å². The number of hydrogen-bond donors (Lipinski definition) is 1. The minimum Gasteiger partial charge on any atom is -0.324 e. The van der Waals surface area contributed by atoms with Crippen molar-refractivity contribution in [3.05, 3.63) is 48.4 Å². The molecular formula is C26H30FN9O2S. The molecule has 0 spiro atoms. The molecule has 2 aliphatic heterocycles. The van der Waals surface area contributed by atoms with E-state index in [2.05, 4.69) is 42.2 Å². The predicted molar refractivity (Wildman–Crippen MR) is 144 cm³/mol. The fourth-order valence-electron chi connectivity index (χ4n) is 5.64. The quantitative estimate of drug-likeness (QED) is 0.383. The monoisotopic (exact) mass is 551 g/mol. The highest BCUT2D eigenvalue weighted by Gasteiger charge is 2.42. The Morgan fingerprint density at radius 2 is 1.77 bits per heavy atom. The first-order chi connectivity index (χ1) is 18.6. The maximum atomic E-state index is 14.8. The molecule has 6 heterocycles. The minimum atomic E-state index is -3.65. The highest BCUT2D eigenvalue weighted by atomic mass is 32.2. The van der Waals surface area contributed by atoms with E-state index in [9.17, 15) is 12.8 Å². The van der Waals surface area contributed by atoms with Crippen molar-refractivity contribution in [2.45, 2.75) is 56.6 Å². The molecule has 0 radical (unpaired) electrons. The highest BCUT2D eigenvalue weighted by Crippen LogP contribution is 2.32. The number of anilines is 2. The van der Waals surface area contributed by atoms with Crippen LogP contribution in [0.5, 0.6) is 0 Å². The molecule has 2 fully saturated rings. The number of halogens is 1. The molecule has 204 valence electrons. The minimum absolute atomic E-state index is 0.0833. The number of fused-ring (bicyclic) bond motifs is 3. The van der Waals surface area contributed by atoms with Gasteiger partial charge in [0.25, 0.3) is 0 Å². The molecule has 1 N–H and O–H groups in total. The zero-order valence-corrected chi connectivity index (χ0v) is 23.0. The van der Waals surface area contributed by atoms with E-state index < -0.39 is 15.8 Å². The molecule has 13 heteroatoms. The van der Waals surface area contributed by atoms with Crippen molar-refractivity contribution < 1.29 is 12.8 Å². The number of pyridine rings is 2. The van der Waals surface area contributed by atoms with Gasteiger partial charge >= 0.3 is 0 Å². The zero-order chi connectivity index (χ0) is 27.5. The molecule has 2 unspecified atom stereocenters. The highest BCUT2D eigenvalue weighted by molar-refractivity contribution is 7.89. The molecule has 6 rings (SSSR count). The average Bonchev–Trinajstić information content (AvgIpc) is 3.31. The summed E-state index contributed by atoms with van der Waals surface area (Å²) in [6.45, 7) is 6.98. The number of nitrogens with one attached hydrogen (secondary N) is 1. The first-order valence-corrected chi connectivity index (χ1v) is 14.4. The fraction of sp³-hybridized carbons (Fsp3) is 0.423. The van der Waals surface area contributed by atoms with E-state index >= 15 is 0 Å². The summed E-state index contributed by atoms with van der Waals surface area (Å²) in [6.07, 6.45) is 5.98. The summed E-state index contributed by atoms with van der Waals surface area (Å²) in [5.41, 5.74) is 1.95. The van der Waals surface area contributed by atoms with Crippen LogP contribution in [0, 0.1) is 12.7 Å². The summed E-state index contributed by atoms with van der Waals surface area (Å²) in [5, 5.41) is 2.95. The first-order valence-electron chi connectivity index (χ1n) is 12.9. The van der Waals surface area contributed by atoms with Crippen LogP contribution in [0.1, 0.15) is 38.6 Å². The molecule has 2 bridgehead atoms. The Morgan fingerprint density at radius 3 is 2.44 bits per heavy atom. The van der Waals surface area contributed by atoms with Crippen molar-refractivity contribution in [2.24, 2.45) is 0 Å². The van der Waals surface area contributed by atoms with Crippen LogP contribution in [0.2, 0.25) is 0 Å². The van der Waals surface area contributed by atoms with Crippen molar-refractivity contribution in [3.8, 4) is 11.3 Å². The van der Waals surface area contributed by atoms with Gasteiger partial charge in [-0.15, -0.1) is 0 Å². The lowest BCUT2D eigenvalue weighted by Gasteiger charge is -2.37. The molecule has 4 aromatic heterocycles. The second-order valence-electron chi connectivity index (χ2n) is 10.5. The van der Waals surface area contributed by atoms with Crippen molar-refractivity contribution in [2.75, 3.05) is 25.5 Å². The largest absolute Gasteiger partial charge is 0.324 e. The van der Waals surface area contributed by atoms with E-state index in [0.29, 0.717) is 30.1 Å². The van der Waals surface area contributed by atoms with Crippen molar-refractivity contribution in [3.63, 3.8) is 0 Å². The van der Waals surface area contributed by atoms with Crippen LogP contribution in [-0.4, -0.2) is 79.3 Å². The van der Waals surface area contributed by atoms with E-state index in [1.807, 2.05) is 31.4 Å². The normalized spacial score (nSPS) is 20.3. The van der Waals surface area contributed by atoms with Crippen LogP contribution < -0.4 is 5.32 Å². The number of aromatic nitrogens is 6. The van der Waals surface area contributed by atoms with Crippen LogP contribution >= 0.6 is 0 Å². The number of hydrogen-bond acceptors (Lipinski definition) is 9. The Kier molecular flexibility index (Phi) is 6.31. The number of piperazine rings is 1. The molecule has 0 saturated carbocycles. The lowest BCUT2D eigenvalue weighted by Crippen LogP contribution is -2.53. The van der Waals surface area contributed by atoms with Crippen LogP contribution in [-0.2, 0) is 10.0 Å². The summed E-state index contributed by atoms with van der Waals surface area (Å²) >= 11 is 0. The summed E-state index contributed by atoms with van der Waals surface area (Å²) in [4.78, 5) is 24.0. The third-order valence-electron chi connectivity index (χ3n) is 7.68. The van der Waals surface area contributed by atoms with Gasteiger partial charge in [0.1, 0.15) is 22.2 Å². The average molecular weight is 552 g/mol. The predicted octanol–water partition coefficient (Wildman–Crippen LogP) is 3.52. The SMILES string of the molecule is Cc1nc2ncc(-c3nc(Nc4ccc(S(=O)(=O)N5CC6CCC(C5)N6C)cn4)ncc3F)cc2n1C(C)C. The van der Waals surface area contributed by atoms with Crippen LogP contribution in [0.3, 0.4) is 0 Å². The van der Waals surface area contributed by atoms with Gasteiger partial charge < -0.3 is 9.88 Å². The van der Waals surface area contributed by atoms with Gasteiger partial charge in [-0.25, -0.2) is 37.7 Å². The Morgan fingerprint density at radius 1 is 1.03 bits per heavy atom. The number of rotatable bonds is 6. The van der Waals surface area contributed by atoms with Gasteiger partial charge in [-0.3, -0.25) is 4.90 Å². The van der Waals surface area contributed by atoms with Gasteiger partial charge in [-0.2, -0.15) is 4.31 Å². The molecule has 0 amide bonds. The molecule has 11 nitrogen and oxygen atoms in total. The van der Waals surface area contributed by atoms with Gasteiger partial charge in [0.05, 0.1) is 11.7 Å². The Bertz CT molecular complexity index is 1640. The lowest BCUT2D eigenvalue weighted by molar-refractivity contribution is 0.140. The summed E-state index contributed by atoms with van der Waals surface area (Å²) in [6, 6.07) is 5.55. The standard InChI is InChI=1S/C26H30FN9O2S/c1-15(2)36-16(3)31-25-22(36)9-17(10-29-25)24-21(27)12-30-26(33-24)32-23-8-7-20(11-28-23)39(37,38)35-13-18-5-6-19(14-35)34(18)4/h7-12,15,18-19H,5-6,13-14H2,1-4H3,(H,28,30,32,33). The van der Waals surface area contributed by atoms with Crippen molar-refractivity contribution in [1.29, 1.82) is 0 Å². The number of aryl methyl sites for hydroxylation is 1. The van der Waals surface area contributed by atoms with E-state index in [4.69, 9.17) is 0 Å². The topological polar surface area (TPSA) is 122 Å². The van der Waals surface area contributed by atoms with Gasteiger partial charge in [-0.05, 0) is 58.9 Å². The second kappa shape index (κ2) is 9.57. The maximum Gasteiger partial charge on any atom is 0.244 e. The number of nitrogens with zero attached hydrogens (tertiary/aromatic N) is 8. The molecule has 2 atom stereocenters. The molecule has 2 aliphatic rings. The summed E-state index contributed by atoms with van der Waals surface area (Å²) in [7, 11) is -1.59.